The molecule has 1 atom stereocenters. The van der Waals surface area contributed by atoms with E-state index < -0.39 is 11.5 Å². The number of aliphatic hydroxyl groups is 1. The van der Waals surface area contributed by atoms with Gasteiger partial charge in [0.05, 0.1) is 18.7 Å². The Bertz CT molecular complexity index is 1300. The number of carbonyl (C=O) groups is 2. The fourth-order valence-electron chi connectivity index (χ4n) is 4.20. The third-order valence-corrected chi connectivity index (χ3v) is 6.53. The standard InChI is InChI=1S/C29H26BrNO3/c1-20-12-13-21(2)23(16-20)19-31-27-15-14-24(30)17-26(27)29(34,28(31)33)18-25(32)11-7-6-10-22-8-4-3-5-9-22/h3-17,34H,18-19H2,1-2H3. The monoisotopic (exact) mass is 515 g/mol. The molecule has 1 heterocycles. The van der Waals surface area contributed by atoms with E-state index in [-0.39, 0.29) is 12.2 Å². The molecule has 3 aromatic rings. The van der Waals surface area contributed by atoms with Crippen LogP contribution in [0.5, 0.6) is 0 Å². The van der Waals surface area contributed by atoms with Crippen LogP contribution >= 0.6 is 15.9 Å². The van der Waals surface area contributed by atoms with Gasteiger partial charge in [0, 0.05) is 10.0 Å². The molecule has 172 valence electrons. The van der Waals surface area contributed by atoms with Crippen molar-refractivity contribution in [1.29, 1.82) is 0 Å². The zero-order valence-corrected chi connectivity index (χ0v) is 20.7. The second-order valence-corrected chi connectivity index (χ2v) is 9.53. The average Bonchev–Trinajstić information content (AvgIpc) is 3.01. The van der Waals surface area contributed by atoms with Gasteiger partial charge in [0.1, 0.15) is 0 Å². The first-order chi connectivity index (χ1) is 16.3. The minimum absolute atomic E-state index is 0.325. The first-order valence-electron chi connectivity index (χ1n) is 11.1. The minimum atomic E-state index is -1.92. The summed E-state index contributed by atoms with van der Waals surface area (Å²) in [6.45, 7) is 4.34. The Hall–Kier alpha value is -3.28. The SMILES string of the molecule is Cc1ccc(C)c(CN2C(=O)C(O)(CC(=O)C=CC=Cc3ccccc3)c3cc(Br)ccc32)c1. The van der Waals surface area contributed by atoms with Gasteiger partial charge in [-0.3, -0.25) is 9.59 Å². The molecule has 3 aromatic carbocycles. The number of fused-ring (bicyclic) bond motifs is 1. The van der Waals surface area contributed by atoms with Crippen molar-refractivity contribution in [3.63, 3.8) is 0 Å². The van der Waals surface area contributed by atoms with E-state index in [9.17, 15) is 14.7 Å². The van der Waals surface area contributed by atoms with Crippen LogP contribution in [-0.2, 0) is 21.7 Å². The molecule has 0 saturated heterocycles. The molecule has 0 bridgehead atoms. The molecular formula is C29H26BrNO3. The second kappa shape index (κ2) is 9.92. The van der Waals surface area contributed by atoms with Crippen LogP contribution in [0.1, 0.15) is 34.2 Å². The van der Waals surface area contributed by atoms with Crippen LogP contribution in [-0.4, -0.2) is 16.8 Å². The summed E-state index contributed by atoms with van der Waals surface area (Å²) in [4.78, 5) is 27.9. The van der Waals surface area contributed by atoms with Gasteiger partial charge < -0.3 is 10.0 Å². The van der Waals surface area contributed by atoms with Gasteiger partial charge >= 0.3 is 0 Å². The Labute approximate surface area is 208 Å². The van der Waals surface area contributed by atoms with E-state index in [1.807, 2.05) is 80.6 Å². The zero-order chi connectivity index (χ0) is 24.3. The highest BCUT2D eigenvalue weighted by Gasteiger charge is 2.50. The van der Waals surface area contributed by atoms with E-state index in [0.29, 0.717) is 17.8 Å². The maximum atomic E-state index is 13.5. The van der Waals surface area contributed by atoms with Gasteiger partial charge in [0.25, 0.3) is 5.91 Å². The van der Waals surface area contributed by atoms with Crippen LogP contribution in [0.2, 0.25) is 0 Å². The molecule has 0 aliphatic carbocycles. The van der Waals surface area contributed by atoms with Crippen molar-refractivity contribution in [2.24, 2.45) is 0 Å². The number of ketones is 1. The Morgan fingerprint density at radius 2 is 1.79 bits per heavy atom. The van der Waals surface area contributed by atoms with Gasteiger partial charge in [-0.25, -0.2) is 0 Å². The Balaban J connectivity index is 1.58. The smallest absolute Gasteiger partial charge is 0.264 e. The number of benzene rings is 3. The summed E-state index contributed by atoms with van der Waals surface area (Å²) in [7, 11) is 0. The fraction of sp³-hybridized carbons (Fsp3) is 0.172. The summed E-state index contributed by atoms with van der Waals surface area (Å²) in [5, 5.41) is 11.5. The molecule has 0 radical (unpaired) electrons. The normalized spacial score (nSPS) is 17.6. The number of allylic oxidation sites excluding steroid dienone is 3. The fourth-order valence-corrected chi connectivity index (χ4v) is 4.56. The predicted molar refractivity (Wildman–Crippen MR) is 139 cm³/mol. The maximum Gasteiger partial charge on any atom is 0.264 e. The number of nitrogens with zero attached hydrogens (tertiary/aromatic N) is 1. The van der Waals surface area contributed by atoms with E-state index in [4.69, 9.17) is 0 Å². The average molecular weight is 516 g/mol. The van der Waals surface area contributed by atoms with E-state index in [1.54, 1.807) is 23.1 Å². The maximum absolute atomic E-state index is 13.5. The second-order valence-electron chi connectivity index (χ2n) is 8.61. The molecule has 0 spiro atoms. The van der Waals surface area contributed by atoms with Crippen LogP contribution in [0.4, 0.5) is 5.69 Å². The molecule has 0 saturated carbocycles. The molecule has 1 aliphatic heterocycles. The van der Waals surface area contributed by atoms with Crippen molar-refractivity contribution in [2.75, 3.05) is 4.90 Å². The van der Waals surface area contributed by atoms with Crippen LogP contribution in [0.15, 0.2) is 89.4 Å². The lowest BCUT2D eigenvalue weighted by atomic mass is 9.90. The first-order valence-corrected chi connectivity index (χ1v) is 11.9. The van der Waals surface area contributed by atoms with Gasteiger partial charge in [0.15, 0.2) is 11.4 Å². The molecule has 1 unspecified atom stereocenters. The Morgan fingerprint density at radius 1 is 1.03 bits per heavy atom. The summed E-state index contributed by atoms with van der Waals surface area (Å²) >= 11 is 3.44. The van der Waals surface area contributed by atoms with Crippen LogP contribution < -0.4 is 4.90 Å². The topological polar surface area (TPSA) is 57.6 Å². The molecule has 1 amide bonds. The number of aryl methyl sites for hydroxylation is 2. The lowest BCUT2D eigenvalue weighted by molar-refractivity contribution is -0.140. The van der Waals surface area contributed by atoms with Gasteiger partial charge in [0.2, 0.25) is 0 Å². The van der Waals surface area contributed by atoms with E-state index in [1.165, 1.54) is 6.08 Å². The summed E-state index contributed by atoms with van der Waals surface area (Å²) in [5.74, 6) is -0.809. The van der Waals surface area contributed by atoms with E-state index in [0.717, 1.165) is 26.7 Å². The highest BCUT2D eigenvalue weighted by atomic mass is 79.9. The molecule has 0 fully saturated rings. The van der Waals surface area contributed by atoms with Crippen molar-refractivity contribution in [1.82, 2.24) is 0 Å². The van der Waals surface area contributed by atoms with Crippen molar-refractivity contribution in [3.05, 3.63) is 117 Å². The number of rotatable bonds is 7. The molecule has 4 rings (SSSR count). The highest BCUT2D eigenvalue weighted by molar-refractivity contribution is 9.10. The quantitative estimate of drug-likeness (QED) is 0.308. The molecule has 34 heavy (non-hydrogen) atoms. The van der Waals surface area contributed by atoms with Crippen LogP contribution in [0.25, 0.3) is 6.08 Å². The Morgan fingerprint density at radius 3 is 2.56 bits per heavy atom. The number of carbonyl (C=O) groups excluding carboxylic acids is 2. The summed E-state index contributed by atoms with van der Waals surface area (Å²) in [6.07, 6.45) is 6.36. The zero-order valence-electron chi connectivity index (χ0n) is 19.2. The van der Waals surface area contributed by atoms with E-state index in [2.05, 4.69) is 15.9 Å². The summed E-state index contributed by atoms with van der Waals surface area (Å²) in [6, 6.07) is 21.2. The van der Waals surface area contributed by atoms with Crippen molar-refractivity contribution in [2.45, 2.75) is 32.4 Å². The number of hydrogen-bond donors (Lipinski definition) is 1. The van der Waals surface area contributed by atoms with Crippen molar-refractivity contribution >= 4 is 39.4 Å². The number of anilines is 1. The molecule has 5 heteroatoms. The molecule has 0 aromatic heterocycles. The van der Waals surface area contributed by atoms with Gasteiger partial charge in [-0.1, -0.05) is 88.3 Å². The van der Waals surface area contributed by atoms with Crippen molar-refractivity contribution < 1.29 is 14.7 Å². The van der Waals surface area contributed by atoms with Crippen LogP contribution in [0, 0.1) is 13.8 Å². The third kappa shape index (κ3) is 4.96. The van der Waals surface area contributed by atoms with Gasteiger partial charge in [-0.05, 0) is 54.8 Å². The summed E-state index contributed by atoms with van der Waals surface area (Å²) in [5.41, 5.74) is 3.34. The van der Waals surface area contributed by atoms with E-state index >= 15 is 0 Å². The molecule has 1 aliphatic rings. The number of halogens is 1. The molecule has 1 N–H and O–H groups in total. The number of amides is 1. The first kappa shape index (κ1) is 23.9. The molecule has 4 nitrogen and oxygen atoms in total. The third-order valence-electron chi connectivity index (χ3n) is 6.04. The van der Waals surface area contributed by atoms with Crippen LogP contribution in [0.3, 0.4) is 0 Å². The number of hydrogen-bond acceptors (Lipinski definition) is 3. The lowest BCUT2D eigenvalue weighted by Crippen LogP contribution is -2.41. The highest BCUT2D eigenvalue weighted by Crippen LogP contribution is 2.44. The lowest BCUT2D eigenvalue weighted by Gasteiger charge is -2.23. The Kier molecular flexibility index (Phi) is 6.96. The molecular weight excluding hydrogens is 490 g/mol. The van der Waals surface area contributed by atoms with Gasteiger partial charge in [-0.15, -0.1) is 0 Å². The summed E-state index contributed by atoms with van der Waals surface area (Å²) < 4.78 is 0.736. The largest absolute Gasteiger partial charge is 0.375 e. The minimum Gasteiger partial charge on any atom is -0.375 e. The van der Waals surface area contributed by atoms with Crippen molar-refractivity contribution in [3.8, 4) is 0 Å². The van der Waals surface area contributed by atoms with Gasteiger partial charge in [-0.2, -0.15) is 0 Å². The predicted octanol–water partition coefficient (Wildman–Crippen LogP) is 6.03.